The molecule has 1 aromatic carbocycles. The van der Waals surface area contributed by atoms with Crippen LogP contribution in [0.4, 0.5) is 5.69 Å². The third-order valence-corrected chi connectivity index (χ3v) is 6.54. The fraction of sp³-hybridized carbons (Fsp3) is 0.389. The molecule has 136 valence electrons. The summed E-state index contributed by atoms with van der Waals surface area (Å²) in [5.41, 5.74) is 0.440. The van der Waals surface area contributed by atoms with E-state index in [9.17, 15) is 9.59 Å². The van der Waals surface area contributed by atoms with Crippen molar-refractivity contribution in [1.29, 1.82) is 0 Å². The molecule has 4 rings (SSSR count). The fourth-order valence-corrected chi connectivity index (χ4v) is 4.98. The second-order valence-corrected chi connectivity index (χ2v) is 8.79. The lowest BCUT2D eigenvalue weighted by molar-refractivity contribution is -0.122. The summed E-state index contributed by atoms with van der Waals surface area (Å²) in [7, 11) is 0. The van der Waals surface area contributed by atoms with Crippen molar-refractivity contribution < 1.29 is 9.59 Å². The number of hydrogen-bond donors (Lipinski definition) is 2. The van der Waals surface area contributed by atoms with E-state index in [2.05, 4.69) is 22.8 Å². The first-order chi connectivity index (χ1) is 12.5. The highest BCUT2D eigenvalue weighted by Gasteiger charge is 2.38. The zero-order valence-corrected chi connectivity index (χ0v) is 16.1. The Morgan fingerprint density at radius 2 is 2.15 bits per heavy atom. The lowest BCUT2D eigenvalue weighted by atomic mass is 10.0. The number of allylic oxidation sites excluding steroid dienone is 1. The zero-order valence-electron chi connectivity index (χ0n) is 13.7. The van der Waals surface area contributed by atoms with Crippen LogP contribution >= 0.6 is 35.0 Å². The molecule has 0 unspecified atom stereocenters. The van der Waals surface area contributed by atoms with Gasteiger partial charge in [0.15, 0.2) is 5.17 Å². The van der Waals surface area contributed by atoms with Crippen LogP contribution in [0.1, 0.15) is 19.3 Å². The van der Waals surface area contributed by atoms with Gasteiger partial charge >= 0.3 is 0 Å². The molecule has 2 bridgehead atoms. The SMILES string of the molecule is O=C(C[C@@H]1SC(=N[C@H]2C[C@H]3C=C[C@H]2C3)NC1=O)Nc1cc(Cl)ccc1Cl. The zero-order chi connectivity index (χ0) is 18.3. The van der Waals surface area contributed by atoms with Crippen molar-refractivity contribution in [2.45, 2.75) is 30.6 Å². The Kier molecular flexibility index (Phi) is 4.99. The molecule has 3 aliphatic rings. The summed E-state index contributed by atoms with van der Waals surface area (Å²) in [6.07, 6.45) is 6.74. The summed E-state index contributed by atoms with van der Waals surface area (Å²) >= 11 is 13.3. The van der Waals surface area contributed by atoms with Gasteiger partial charge in [0.25, 0.3) is 0 Å². The minimum absolute atomic E-state index is 0.0506. The molecule has 1 aliphatic heterocycles. The minimum Gasteiger partial charge on any atom is -0.325 e. The highest BCUT2D eigenvalue weighted by molar-refractivity contribution is 8.15. The van der Waals surface area contributed by atoms with E-state index < -0.39 is 5.25 Å². The number of aliphatic imine (C=N–C) groups is 1. The van der Waals surface area contributed by atoms with Crippen LogP contribution < -0.4 is 10.6 Å². The number of amides is 2. The molecule has 2 fully saturated rings. The van der Waals surface area contributed by atoms with E-state index in [0.29, 0.717) is 32.7 Å². The number of amidine groups is 1. The van der Waals surface area contributed by atoms with Crippen LogP contribution in [-0.2, 0) is 9.59 Å². The van der Waals surface area contributed by atoms with Gasteiger partial charge in [-0.2, -0.15) is 0 Å². The lowest BCUT2D eigenvalue weighted by Gasteiger charge is -2.13. The number of nitrogens with one attached hydrogen (secondary N) is 2. The summed E-state index contributed by atoms with van der Waals surface area (Å²) in [6.45, 7) is 0. The molecular formula is C18H17Cl2N3O2S. The molecule has 1 aromatic rings. The smallest absolute Gasteiger partial charge is 0.240 e. The second-order valence-electron chi connectivity index (χ2n) is 6.75. The van der Waals surface area contributed by atoms with Crippen LogP contribution in [0.3, 0.4) is 0 Å². The maximum atomic E-state index is 12.3. The van der Waals surface area contributed by atoms with Crippen molar-refractivity contribution in [2.24, 2.45) is 16.8 Å². The number of benzene rings is 1. The van der Waals surface area contributed by atoms with Gasteiger partial charge in [-0.1, -0.05) is 47.1 Å². The van der Waals surface area contributed by atoms with Crippen molar-refractivity contribution in [2.75, 3.05) is 5.32 Å². The van der Waals surface area contributed by atoms with Crippen LogP contribution in [0.15, 0.2) is 35.3 Å². The second kappa shape index (κ2) is 7.25. The number of carbonyl (C=O) groups excluding carboxylic acids is 2. The molecule has 4 atom stereocenters. The van der Waals surface area contributed by atoms with Crippen molar-refractivity contribution >= 4 is 57.6 Å². The maximum absolute atomic E-state index is 12.3. The number of thioether (sulfide) groups is 1. The monoisotopic (exact) mass is 409 g/mol. The summed E-state index contributed by atoms with van der Waals surface area (Å²) in [4.78, 5) is 29.2. The van der Waals surface area contributed by atoms with Gasteiger partial charge in [0, 0.05) is 11.4 Å². The quantitative estimate of drug-likeness (QED) is 0.741. The van der Waals surface area contributed by atoms with Gasteiger partial charge in [-0.3, -0.25) is 14.6 Å². The molecule has 2 amide bonds. The number of carbonyl (C=O) groups is 2. The van der Waals surface area contributed by atoms with Crippen molar-refractivity contribution in [1.82, 2.24) is 5.32 Å². The summed E-state index contributed by atoms with van der Waals surface area (Å²) in [5, 5.41) is 6.53. The predicted octanol–water partition coefficient (Wildman–Crippen LogP) is 3.87. The molecule has 0 aromatic heterocycles. The third kappa shape index (κ3) is 3.77. The average Bonchev–Trinajstić information content (AvgIpc) is 3.28. The number of nitrogens with zero attached hydrogens (tertiary/aromatic N) is 1. The summed E-state index contributed by atoms with van der Waals surface area (Å²) in [6, 6.07) is 5.09. The number of anilines is 1. The largest absolute Gasteiger partial charge is 0.325 e. The van der Waals surface area contributed by atoms with E-state index in [-0.39, 0.29) is 24.3 Å². The minimum atomic E-state index is -0.485. The van der Waals surface area contributed by atoms with Crippen LogP contribution in [0, 0.1) is 11.8 Å². The molecule has 0 radical (unpaired) electrons. The third-order valence-electron chi connectivity index (χ3n) is 4.88. The van der Waals surface area contributed by atoms with E-state index in [4.69, 9.17) is 28.2 Å². The van der Waals surface area contributed by atoms with Crippen LogP contribution in [0.25, 0.3) is 0 Å². The Balaban J connectivity index is 1.36. The van der Waals surface area contributed by atoms with Gasteiger partial charge < -0.3 is 10.6 Å². The van der Waals surface area contributed by atoms with Gasteiger partial charge in [-0.05, 0) is 42.9 Å². The van der Waals surface area contributed by atoms with E-state index in [1.807, 2.05) is 0 Å². The van der Waals surface area contributed by atoms with E-state index in [0.717, 1.165) is 12.8 Å². The highest BCUT2D eigenvalue weighted by atomic mass is 35.5. The molecular weight excluding hydrogens is 393 g/mol. The predicted molar refractivity (Wildman–Crippen MR) is 106 cm³/mol. The fourth-order valence-electron chi connectivity index (χ4n) is 3.61. The molecule has 0 spiro atoms. The number of fused-ring (bicyclic) bond motifs is 2. The van der Waals surface area contributed by atoms with Crippen LogP contribution in [-0.4, -0.2) is 28.3 Å². The maximum Gasteiger partial charge on any atom is 0.240 e. The lowest BCUT2D eigenvalue weighted by Crippen LogP contribution is -2.28. The summed E-state index contributed by atoms with van der Waals surface area (Å²) < 4.78 is 0. The number of hydrogen-bond acceptors (Lipinski definition) is 4. The van der Waals surface area contributed by atoms with Crippen LogP contribution in [0.2, 0.25) is 10.0 Å². The van der Waals surface area contributed by atoms with Crippen molar-refractivity contribution in [3.05, 3.63) is 40.4 Å². The van der Waals surface area contributed by atoms with E-state index >= 15 is 0 Å². The normalized spacial score (nSPS) is 30.8. The Hall–Kier alpha value is -1.50. The molecule has 2 N–H and O–H groups in total. The summed E-state index contributed by atoms with van der Waals surface area (Å²) in [5.74, 6) is 0.642. The van der Waals surface area contributed by atoms with Gasteiger partial charge in [-0.25, -0.2) is 0 Å². The standard InChI is InChI=1S/C18H17Cl2N3O2S/c19-11-3-4-12(20)14(7-11)21-16(24)8-15-17(25)23-18(26-15)22-13-6-9-1-2-10(13)5-9/h1-4,7,9-10,13,15H,5-6,8H2,(H,21,24)(H,22,23,25)/t9-,10-,13-,15-/m0/s1. The van der Waals surface area contributed by atoms with Crippen molar-refractivity contribution in [3.63, 3.8) is 0 Å². The first kappa shape index (κ1) is 17.9. The van der Waals surface area contributed by atoms with Crippen molar-refractivity contribution in [3.8, 4) is 0 Å². The Bertz CT molecular complexity index is 827. The number of rotatable bonds is 4. The molecule has 2 aliphatic carbocycles. The molecule has 1 saturated heterocycles. The van der Waals surface area contributed by atoms with Gasteiger partial charge in [0.2, 0.25) is 11.8 Å². The molecule has 1 heterocycles. The van der Waals surface area contributed by atoms with Gasteiger partial charge in [-0.15, -0.1) is 0 Å². The van der Waals surface area contributed by atoms with E-state index in [1.165, 1.54) is 11.8 Å². The molecule has 1 saturated carbocycles. The van der Waals surface area contributed by atoms with E-state index in [1.54, 1.807) is 18.2 Å². The average molecular weight is 410 g/mol. The molecule has 8 heteroatoms. The molecule has 5 nitrogen and oxygen atoms in total. The Morgan fingerprint density at radius 1 is 1.31 bits per heavy atom. The van der Waals surface area contributed by atoms with Crippen LogP contribution in [0.5, 0.6) is 0 Å². The Labute approximate surface area is 165 Å². The Morgan fingerprint density at radius 3 is 2.88 bits per heavy atom. The number of halogens is 2. The highest BCUT2D eigenvalue weighted by Crippen LogP contribution is 2.41. The van der Waals surface area contributed by atoms with Gasteiger partial charge in [0.05, 0.1) is 16.8 Å². The topological polar surface area (TPSA) is 70.6 Å². The first-order valence-corrected chi connectivity index (χ1v) is 10.1. The first-order valence-electron chi connectivity index (χ1n) is 8.46. The van der Waals surface area contributed by atoms with Gasteiger partial charge in [0.1, 0.15) is 5.25 Å². The molecule has 26 heavy (non-hydrogen) atoms.